The number of aromatic nitrogens is 5. The van der Waals surface area contributed by atoms with Crippen LogP contribution in [-0.4, -0.2) is 50.5 Å². The Morgan fingerprint density at radius 2 is 1.90 bits per heavy atom. The lowest BCUT2D eigenvalue weighted by molar-refractivity contribution is 0.0942. The second-order valence-corrected chi connectivity index (χ2v) is 9.77. The molecule has 1 aliphatic rings. The molecular formula is C29H33N7O4. The molecule has 4 aromatic rings. The molecule has 11 nitrogen and oxygen atoms in total. The molecule has 1 amide bonds. The summed E-state index contributed by atoms with van der Waals surface area (Å²) in [5, 5.41) is 10.2. The first-order valence-electron chi connectivity index (χ1n) is 13.3. The van der Waals surface area contributed by atoms with Crippen molar-refractivity contribution in [2.45, 2.75) is 47.2 Å². The molecule has 5 rings (SSSR count). The zero-order valence-corrected chi connectivity index (χ0v) is 23.4. The first kappa shape index (κ1) is 26.9. The lowest BCUT2D eigenvalue weighted by Crippen LogP contribution is -2.44. The fourth-order valence-electron chi connectivity index (χ4n) is 5.22. The van der Waals surface area contributed by atoms with Crippen LogP contribution in [-0.2, 0) is 19.5 Å². The normalized spacial score (nSPS) is 12.6. The molecule has 0 saturated heterocycles. The number of amides is 1. The summed E-state index contributed by atoms with van der Waals surface area (Å²) in [6, 6.07) is 10.0. The Hall–Kier alpha value is -4.67. The molecule has 0 unspecified atom stereocenters. The summed E-state index contributed by atoms with van der Waals surface area (Å²) in [6.07, 6.45) is 2.01. The highest BCUT2D eigenvalue weighted by molar-refractivity contribution is 5.90. The minimum Gasteiger partial charge on any atom is -0.493 e. The largest absolute Gasteiger partial charge is 0.493 e. The number of nitrogens with zero attached hydrogens (tertiary/aromatic N) is 5. The average molecular weight is 544 g/mol. The molecule has 3 heterocycles. The van der Waals surface area contributed by atoms with Crippen LogP contribution in [0.3, 0.4) is 0 Å². The van der Waals surface area contributed by atoms with Gasteiger partial charge >= 0.3 is 5.69 Å². The lowest BCUT2D eigenvalue weighted by Gasteiger charge is -2.25. The standard InChI is InChI=1S/C29H33N7O4/c1-6-40-24-13-20-7-9-35-22(21(20)14-23(24)39-5)15-25(33-26-18(3)11-17(2)12-19(26)4)36(29(35)38)10-8-30-28(37)27-31-16-32-34-27/h11-16H,6-10H2,1-5H3,(H,30,37)(H,31,32,34)/b33-25+. The van der Waals surface area contributed by atoms with Crippen molar-refractivity contribution in [3.63, 3.8) is 0 Å². The predicted octanol–water partition coefficient (Wildman–Crippen LogP) is 2.99. The molecule has 2 aromatic carbocycles. The summed E-state index contributed by atoms with van der Waals surface area (Å²) in [6.45, 7) is 9.47. The van der Waals surface area contributed by atoms with E-state index >= 15 is 0 Å². The van der Waals surface area contributed by atoms with Gasteiger partial charge in [-0.15, -0.1) is 10.2 Å². The van der Waals surface area contributed by atoms with Crippen molar-refractivity contribution in [1.82, 2.24) is 29.6 Å². The van der Waals surface area contributed by atoms with Crippen LogP contribution in [0, 0.1) is 20.8 Å². The van der Waals surface area contributed by atoms with E-state index in [1.54, 1.807) is 16.2 Å². The number of ether oxygens (including phenoxy) is 2. The Bertz CT molecular complexity index is 1680. The Morgan fingerprint density at radius 3 is 2.58 bits per heavy atom. The second-order valence-electron chi connectivity index (χ2n) is 9.77. The zero-order valence-electron chi connectivity index (χ0n) is 23.4. The van der Waals surface area contributed by atoms with Gasteiger partial charge in [0.15, 0.2) is 11.5 Å². The quantitative estimate of drug-likeness (QED) is 0.352. The molecule has 208 valence electrons. The third-order valence-electron chi connectivity index (χ3n) is 6.98. The summed E-state index contributed by atoms with van der Waals surface area (Å²) in [7, 11) is 1.61. The van der Waals surface area contributed by atoms with Gasteiger partial charge < -0.3 is 19.8 Å². The first-order chi connectivity index (χ1) is 19.3. The van der Waals surface area contributed by atoms with Crippen molar-refractivity contribution in [3.05, 3.63) is 80.7 Å². The van der Waals surface area contributed by atoms with Gasteiger partial charge in [0.25, 0.3) is 5.91 Å². The summed E-state index contributed by atoms with van der Waals surface area (Å²) in [5.41, 5.74) is 7.04. The van der Waals surface area contributed by atoms with E-state index in [1.165, 1.54) is 6.33 Å². The molecule has 0 atom stereocenters. The van der Waals surface area contributed by atoms with Gasteiger partial charge in [0.1, 0.15) is 11.8 Å². The molecular weight excluding hydrogens is 510 g/mol. The maximum Gasteiger partial charge on any atom is 0.330 e. The number of carbonyl (C=O) groups is 1. The van der Waals surface area contributed by atoms with Crippen LogP contribution < -0.4 is 26.0 Å². The Labute approximate surface area is 231 Å². The number of methoxy groups -OCH3 is 1. The number of carbonyl (C=O) groups excluding carboxylic acids is 1. The van der Waals surface area contributed by atoms with E-state index in [4.69, 9.17) is 14.5 Å². The first-order valence-corrected chi connectivity index (χ1v) is 13.3. The van der Waals surface area contributed by atoms with E-state index in [0.717, 1.165) is 39.2 Å². The highest BCUT2D eigenvalue weighted by Crippen LogP contribution is 2.37. The van der Waals surface area contributed by atoms with Gasteiger partial charge in [-0.05, 0) is 62.9 Å². The van der Waals surface area contributed by atoms with Gasteiger partial charge in [-0.25, -0.2) is 9.79 Å². The molecule has 0 radical (unpaired) electrons. The molecule has 1 aliphatic heterocycles. The van der Waals surface area contributed by atoms with Gasteiger partial charge in [0.05, 0.1) is 25.1 Å². The molecule has 0 aliphatic carbocycles. The summed E-state index contributed by atoms with van der Waals surface area (Å²) in [5.74, 6) is 1.01. The SMILES string of the molecule is CCOc1cc2c(cc1OC)-c1c/c(=N\c3c(C)cc(C)cc3C)n(CCNC(=O)c3nnc[nH]3)c(=O)n1CC2. The minimum absolute atomic E-state index is 0.111. The number of rotatable bonds is 8. The summed E-state index contributed by atoms with van der Waals surface area (Å²) >= 11 is 0. The summed E-state index contributed by atoms with van der Waals surface area (Å²) in [4.78, 5) is 34.1. The minimum atomic E-state index is -0.397. The van der Waals surface area contributed by atoms with Crippen LogP contribution in [0.25, 0.3) is 11.3 Å². The van der Waals surface area contributed by atoms with Gasteiger partial charge in [0.2, 0.25) is 5.82 Å². The molecule has 2 N–H and O–H groups in total. The number of H-pyrrole nitrogens is 1. The van der Waals surface area contributed by atoms with Crippen LogP contribution >= 0.6 is 0 Å². The van der Waals surface area contributed by atoms with Gasteiger partial charge in [-0.1, -0.05) is 17.7 Å². The predicted molar refractivity (Wildman–Crippen MR) is 150 cm³/mol. The van der Waals surface area contributed by atoms with Gasteiger partial charge in [-0.2, -0.15) is 0 Å². The third kappa shape index (κ3) is 5.14. The molecule has 2 aromatic heterocycles. The van der Waals surface area contributed by atoms with Crippen molar-refractivity contribution in [2.24, 2.45) is 4.99 Å². The number of aromatic amines is 1. The topological polar surface area (TPSA) is 128 Å². The lowest BCUT2D eigenvalue weighted by atomic mass is 9.97. The smallest absolute Gasteiger partial charge is 0.330 e. The number of benzene rings is 2. The van der Waals surface area contributed by atoms with E-state index < -0.39 is 5.91 Å². The number of hydrogen-bond donors (Lipinski definition) is 2. The van der Waals surface area contributed by atoms with Crippen molar-refractivity contribution in [3.8, 4) is 22.8 Å². The third-order valence-corrected chi connectivity index (χ3v) is 6.98. The van der Waals surface area contributed by atoms with Crippen molar-refractivity contribution < 1.29 is 14.3 Å². The van der Waals surface area contributed by atoms with Crippen LogP contribution in [0.1, 0.15) is 39.8 Å². The molecule has 0 bridgehead atoms. The van der Waals surface area contributed by atoms with Gasteiger partial charge in [-0.3, -0.25) is 13.9 Å². The highest BCUT2D eigenvalue weighted by Gasteiger charge is 2.23. The van der Waals surface area contributed by atoms with Crippen molar-refractivity contribution >= 4 is 11.6 Å². The molecule has 40 heavy (non-hydrogen) atoms. The molecule has 0 fully saturated rings. The van der Waals surface area contributed by atoms with Crippen LogP contribution in [0.2, 0.25) is 0 Å². The average Bonchev–Trinajstić information content (AvgIpc) is 3.47. The number of aryl methyl sites for hydroxylation is 4. The number of nitrogens with one attached hydrogen (secondary N) is 2. The maximum atomic E-state index is 14.0. The Balaban J connectivity index is 1.64. The van der Waals surface area contributed by atoms with E-state index in [2.05, 4.69) is 32.6 Å². The van der Waals surface area contributed by atoms with E-state index in [0.29, 0.717) is 36.6 Å². The van der Waals surface area contributed by atoms with Crippen LogP contribution in [0.4, 0.5) is 5.69 Å². The zero-order chi connectivity index (χ0) is 28.4. The molecule has 0 spiro atoms. The van der Waals surface area contributed by atoms with Crippen LogP contribution in [0.15, 0.2) is 46.4 Å². The van der Waals surface area contributed by atoms with Crippen molar-refractivity contribution in [1.29, 1.82) is 0 Å². The maximum absolute atomic E-state index is 14.0. The highest BCUT2D eigenvalue weighted by atomic mass is 16.5. The van der Waals surface area contributed by atoms with Crippen molar-refractivity contribution in [2.75, 3.05) is 20.3 Å². The fourth-order valence-corrected chi connectivity index (χ4v) is 5.22. The fraction of sp³-hybridized carbons (Fsp3) is 0.345. The van der Waals surface area contributed by atoms with E-state index in [1.807, 2.05) is 45.9 Å². The summed E-state index contributed by atoms with van der Waals surface area (Å²) < 4.78 is 14.8. The van der Waals surface area contributed by atoms with Gasteiger partial charge in [0, 0.05) is 31.3 Å². The monoisotopic (exact) mass is 543 g/mol. The van der Waals surface area contributed by atoms with E-state index in [9.17, 15) is 9.59 Å². The van der Waals surface area contributed by atoms with E-state index in [-0.39, 0.29) is 24.6 Å². The molecule has 0 saturated carbocycles. The second kappa shape index (κ2) is 11.2. The number of fused-ring (bicyclic) bond motifs is 3. The Kier molecular flexibility index (Phi) is 7.54. The number of hydrogen-bond acceptors (Lipinski definition) is 7. The molecule has 11 heteroatoms. The Morgan fingerprint density at radius 1 is 1.12 bits per heavy atom. The van der Waals surface area contributed by atoms with Crippen LogP contribution in [0.5, 0.6) is 11.5 Å².